The first kappa shape index (κ1) is 23.8. The van der Waals surface area contributed by atoms with Crippen molar-refractivity contribution in [2.75, 3.05) is 19.8 Å². The molecule has 30 heavy (non-hydrogen) atoms. The number of aliphatic carboxylic acids is 1. The molecule has 1 aromatic carbocycles. The van der Waals surface area contributed by atoms with E-state index < -0.39 is 42.6 Å². The number of hydrogen-bond acceptors (Lipinski definition) is 10. The minimum absolute atomic E-state index is 0.0475. The molecule has 2 rings (SSSR count). The first-order valence-corrected chi connectivity index (χ1v) is 9.30. The van der Waals surface area contributed by atoms with Gasteiger partial charge in [0.15, 0.2) is 6.10 Å². The molecule has 0 saturated carbocycles. The molecule has 0 aliphatic carbocycles. The molecule has 0 bridgehead atoms. The average molecular weight is 430 g/mol. The molecular formula is C19H26O11. The SMILES string of the molecule is CCOCCOc1cc(O[C@@H]2O[C@H](C(=O)O)[C@@H](O)[C@H](O)[C@H]2O)ccc1COC(C)=O. The molecule has 11 nitrogen and oxygen atoms in total. The van der Waals surface area contributed by atoms with Crippen LogP contribution in [0, 0.1) is 0 Å². The Morgan fingerprint density at radius 3 is 2.47 bits per heavy atom. The number of hydrogen-bond donors (Lipinski definition) is 4. The Bertz CT molecular complexity index is 722. The summed E-state index contributed by atoms with van der Waals surface area (Å²) in [6.45, 7) is 4.11. The Hall–Kier alpha value is -2.44. The van der Waals surface area contributed by atoms with Gasteiger partial charge in [0.2, 0.25) is 6.29 Å². The van der Waals surface area contributed by atoms with Crippen molar-refractivity contribution >= 4 is 11.9 Å². The van der Waals surface area contributed by atoms with Gasteiger partial charge in [-0.1, -0.05) is 0 Å². The van der Waals surface area contributed by atoms with E-state index in [2.05, 4.69) is 0 Å². The number of carboxylic acids is 1. The number of aliphatic hydroxyl groups is 3. The van der Waals surface area contributed by atoms with Gasteiger partial charge in [0, 0.05) is 25.2 Å². The molecule has 0 radical (unpaired) electrons. The van der Waals surface area contributed by atoms with Crippen LogP contribution in [-0.2, 0) is 30.4 Å². The molecule has 1 aliphatic heterocycles. The van der Waals surface area contributed by atoms with E-state index in [1.807, 2.05) is 6.92 Å². The minimum Gasteiger partial charge on any atom is -0.491 e. The van der Waals surface area contributed by atoms with Gasteiger partial charge < -0.3 is 44.1 Å². The quantitative estimate of drug-likeness (QED) is 0.278. The highest BCUT2D eigenvalue weighted by molar-refractivity contribution is 5.73. The Morgan fingerprint density at radius 1 is 1.10 bits per heavy atom. The lowest BCUT2D eigenvalue weighted by Crippen LogP contribution is -2.61. The van der Waals surface area contributed by atoms with Crippen LogP contribution < -0.4 is 9.47 Å². The van der Waals surface area contributed by atoms with E-state index in [1.165, 1.54) is 19.1 Å². The fourth-order valence-corrected chi connectivity index (χ4v) is 2.68. The number of benzene rings is 1. The number of carbonyl (C=O) groups is 2. The van der Waals surface area contributed by atoms with Crippen molar-refractivity contribution < 1.29 is 53.7 Å². The maximum atomic E-state index is 11.2. The lowest BCUT2D eigenvalue weighted by molar-refractivity contribution is -0.271. The van der Waals surface area contributed by atoms with E-state index in [0.29, 0.717) is 24.5 Å². The van der Waals surface area contributed by atoms with Crippen molar-refractivity contribution in [3.63, 3.8) is 0 Å². The van der Waals surface area contributed by atoms with Crippen molar-refractivity contribution in [2.24, 2.45) is 0 Å². The van der Waals surface area contributed by atoms with E-state index in [9.17, 15) is 24.9 Å². The Morgan fingerprint density at radius 2 is 1.83 bits per heavy atom. The third-order valence-corrected chi connectivity index (χ3v) is 4.22. The summed E-state index contributed by atoms with van der Waals surface area (Å²) in [5, 5.41) is 38.8. The van der Waals surface area contributed by atoms with Crippen molar-refractivity contribution in [3.05, 3.63) is 23.8 Å². The van der Waals surface area contributed by atoms with E-state index >= 15 is 0 Å². The van der Waals surface area contributed by atoms with Gasteiger partial charge in [-0.25, -0.2) is 4.79 Å². The van der Waals surface area contributed by atoms with Crippen molar-refractivity contribution in [2.45, 2.75) is 51.2 Å². The van der Waals surface area contributed by atoms with Gasteiger partial charge in [-0.2, -0.15) is 0 Å². The molecular weight excluding hydrogens is 404 g/mol. The van der Waals surface area contributed by atoms with Gasteiger partial charge >= 0.3 is 11.9 Å². The molecule has 0 spiro atoms. The molecule has 1 saturated heterocycles. The number of rotatable bonds is 10. The zero-order valence-electron chi connectivity index (χ0n) is 16.6. The van der Waals surface area contributed by atoms with Gasteiger partial charge in [0.05, 0.1) is 6.61 Å². The molecule has 1 aromatic rings. The Kier molecular flexibility index (Phi) is 8.81. The Balaban J connectivity index is 2.16. The van der Waals surface area contributed by atoms with E-state index in [-0.39, 0.29) is 19.0 Å². The first-order valence-electron chi connectivity index (χ1n) is 9.30. The molecule has 11 heteroatoms. The average Bonchev–Trinajstić information content (AvgIpc) is 2.70. The molecule has 5 atom stereocenters. The summed E-state index contributed by atoms with van der Waals surface area (Å²) in [7, 11) is 0. The predicted octanol–water partition coefficient (Wildman–Crippen LogP) is -0.564. The van der Waals surface area contributed by atoms with Crippen LogP contribution >= 0.6 is 0 Å². The molecule has 0 amide bonds. The van der Waals surface area contributed by atoms with Crippen LogP contribution in [0.2, 0.25) is 0 Å². The van der Waals surface area contributed by atoms with E-state index in [1.54, 1.807) is 6.07 Å². The van der Waals surface area contributed by atoms with Crippen LogP contribution in [0.15, 0.2) is 18.2 Å². The van der Waals surface area contributed by atoms with Crippen LogP contribution in [0.4, 0.5) is 0 Å². The summed E-state index contributed by atoms with van der Waals surface area (Å²) in [6, 6.07) is 4.47. The lowest BCUT2D eigenvalue weighted by atomic mass is 9.99. The zero-order chi connectivity index (χ0) is 22.3. The van der Waals surface area contributed by atoms with Gasteiger partial charge in [-0.05, 0) is 19.1 Å². The van der Waals surface area contributed by atoms with Crippen molar-refractivity contribution in [1.82, 2.24) is 0 Å². The standard InChI is InChI=1S/C19H26O11/c1-3-26-6-7-27-13-8-12(5-4-11(13)9-28-10(2)20)29-19-16(23)14(21)15(22)17(30-19)18(24)25/h4-5,8,14-17,19,21-23H,3,6-7,9H2,1-2H3,(H,24,25)/t14-,15-,16+,17-,19+/m0/s1. The molecule has 1 aliphatic rings. The third kappa shape index (κ3) is 6.28. The summed E-state index contributed by atoms with van der Waals surface area (Å²) < 4.78 is 26.4. The third-order valence-electron chi connectivity index (χ3n) is 4.22. The van der Waals surface area contributed by atoms with Crippen molar-refractivity contribution in [3.8, 4) is 11.5 Å². The van der Waals surface area contributed by atoms with Crippen LogP contribution in [0.5, 0.6) is 11.5 Å². The fourth-order valence-electron chi connectivity index (χ4n) is 2.68. The fraction of sp³-hybridized carbons (Fsp3) is 0.579. The minimum atomic E-state index is -1.82. The summed E-state index contributed by atoms with van der Waals surface area (Å²) in [5.74, 6) is -1.54. The normalized spacial score (nSPS) is 26.1. The van der Waals surface area contributed by atoms with Gasteiger partial charge in [-0.15, -0.1) is 0 Å². The summed E-state index contributed by atoms with van der Waals surface area (Å²) >= 11 is 0. The number of carbonyl (C=O) groups excluding carboxylic acids is 1. The van der Waals surface area contributed by atoms with E-state index in [0.717, 1.165) is 0 Å². The van der Waals surface area contributed by atoms with Crippen molar-refractivity contribution in [1.29, 1.82) is 0 Å². The molecule has 1 heterocycles. The molecule has 168 valence electrons. The highest BCUT2D eigenvalue weighted by atomic mass is 16.7. The Labute approximate surface area is 172 Å². The van der Waals surface area contributed by atoms with Crippen LogP contribution in [0.25, 0.3) is 0 Å². The predicted molar refractivity (Wildman–Crippen MR) is 98.8 cm³/mol. The zero-order valence-corrected chi connectivity index (χ0v) is 16.6. The maximum Gasteiger partial charge on any atom is 0.335 e. The highest BCUT2D eigenvalue weighted by Gasteiger charge is 2.48. The lowest BCUT2D eigenvalue weighted by Gasteiger charge is -2.38. The molecule has 0 aromatic heterocycles. The second kappa shape index (κ2) is 11.1. The maximum absolute atomic E-state index is 11.2. The van der Waals surface area contributed by atoms with Gasteiger partial charge in [0.25, 0.3) is 0 Å². The van der Waals surface area contributed by atoms with Gasteiger partial charge in [0.1, 0.15) is 43.0 Å². The second-order valence-electron chi connectivity index (χ2n) is 6.45. The highest BCUT2D eigenvalue weighted by Crippen LogP contribution is 2.29. The summed E-state index contributed by atoms with van der Waals surface area (Å²) in [6.07, 6.45) is -8.63. The van der Waals surface area contributed by atoms with Crippen LogP contribution in [0.1, 0.15) is 19.4 Å². The first-order chi connectivity index (χ1) is 14.2. The van der Waals surface area contributed by atoms with Gasteiger partial charge in [-0.3, -0.25) is 4.79 Å². The number of carboxylic acid groups (broad SMARTS) is 1. The number of ether oxygens (including phenoxy) is 5. The summed E-state index contributed by atoms with van der Waals surface area (Å²) in [5.41, 5.74) is 0.540. The smallest absolute Gasteiger partial charge is 0.335 e. The molecule has 0 unspecified atom stereocenters. The second-order valence-corrected chi connectivity index (χ2v) is 6.45. The number of aliphatic hydroxyl groups excluding tert-OH is 3. The van der Waals surface area contributed by atoms with Crippen LogP contribution in [-0.4, -0.2) is 82.9 Å². The summed E-state index contributed by atoms with van der Waals surface area (Å²) in [4.78, 5) is 22.3. The molecule has 1 fully saturated rings. The topological polar surface area (TPSA) is 161 Å². The monoisotopic (exact) mass is 430 g/mol. The molecule has 4 N–H and O–H groups in total. The largest absolute Gasteiger partial charge is 0.491 e. The number of esters is 1. The van der Waals surface area contributed by atoms with Crippen LogP contribution in [0.3, 0.4) is 0 Å². The van der Waals surface area contributed by atoms with E-state index in [4.69, 9.17) is 28.8 Å².